The van der Waals surface area contributed by atoms with Gasteiger partial charge < -0.3 is 15.0 Å². The average Bonchev–Trinajstić information content (AvgIpc) is 2.73. The van der Waals surface area contributed by atoms with Crippen LogP contribution in [-0.4, -0.2) is 28.1 Å². The molecule has 0 aliphatic heterocycles. The fourth-order valence-corrected chi connectivity index (χ4v) is 1.48. The molecule has 1 heterocycles. The Morgan fingerprint density at radius 1 is 1.40 bits per heavy atom. The van der Waals surface area contributed by atoms with E-state index < -0.39 is 35.7 Å². The summed E-state index contributed by atoms with van der Waals surface area (Å²) in [6, 6.07) is 1.79. The molecule has 2 N–H and O–H groups in total. The van der Waals surface area contributed by atoms with E-state index in [9.17, 15) is 22.8 Å². The molecule has 1 aromatic rings. The molecule has 0 saturated carbocycles. The predicted molar refractivity (Wildman–Crippen MR) is 59.6 cm³/mol. The number of hydrogen-bond acceptors (Lipinski definition) is 3. The summed E-state index contributed by atoms with van der Waals surface area (Å²) in [5, 5.41) is 19.3. The third-order valence-electron chi connectivity index (χ3n) is 2.30. The summed E-state index contributed by atoms with van der Waals surface area (Å²) in [6.07, 6.45) is -3.43. The Morgan fingerprint density at radius 3 is 2.50 bits per heavy atom. The van der Waals surface area contributed by atoms with Gasteiger partial charge in [-0.15, -0.1) is 0 Å². The van der Waals surface area contributed by atoms with E-state index in [0.29, 0.717) is 6.20 Å². The Morgan fingerprint density at radius 2 is 2.05 bits per heavy atom. The number of carbonyl (C=O) groups is 2. The van der Waals surface area contributed by atoms with Crippen molar-refractivity contribution in [1.29, 1.82) is 5.26 Å². The Bertz CT molecular complexity index is 557. The Hall–Kier alpha value is -2.50. The van der Waals surface area contributed by atoms with Gasteiger partial charge >= 0.3 is 12.1 Å². The van der Waals surface area contributed by atoms with Crippen LogP contribution in [0.2, 0.25) is 0 Å². The fraction of sp³-hybridized carbons (Fsp3) is 0.364. The van der Waals surface area contributed by atoms with Crippen LogP contribution in [0.25, 0.3) is 0 Å². The first kappa shape index (κ1) is 15.6. The van der Waals surface area contributed by atoms with Gasteiger partial charge in [0.05, 0.1) is 23.6 Å². The molecule has 0 saturated heterocycles. The van der Waals surface area contributed by atoms with Gasteiger partial charge in [0, 0.05) is 18.9 Å². The average molecular weight is 289 g/mol. The van der Waals surface area contributed by atoms with Gasteiger partial charge in [-0.2, -0.15) is 18.4 Å². The van der Waals surface area contributed by atoms with E-state index in [0.717, 1.165) is 10.8 Å². The van der Waals surface area contributed by atoms with Crippen molar-refractivity contribution in [3.63, 3.8) is 0 Å². The van der Waals surface area contributed by atoms with Crippen LogP contribution < -0.4 is 5.32 Å². The van der Waals surface area contributed by atoms with Crippen molar-refractivity contribution in [3.05, 3.63) is 23.5 Å². The van der Waals surface area contributed by atoms with Gasteiger partial charge in [-0.1, -0.05) is 0 Å². The van der Waals surface area contributed by atoms with Crippen molar-refractivity contribution < 1.29 is 27.9 Å². The molecule has 0 fully saturated rings. The van der Waals surface area contributed by atoms with E-state index in [2.05, 4.69) is 5.32 Å². The number of halogens is 3. The summed E-state index contributed by atoms with van der Waals surface area (Å²) in [4.78, 5) is 22.1. The molecule has 0 aromatic carbocycles. The topological polar surface area (TPSA) is 95.1 Å². The summed E-state index contributed by atoms with van der Waals surface area (Å²) in [5.41, 5.74) is -2.22. The molecule has 1 rings (SSSR count). The number of carbonyl (C=O) groups excluding carboxylic acids is 1. The normalized spacial score (nSPS) is 10.9. The lowest BCUT2D eigenvalue weighted by atomic mass is 10.2. The number of hydrogen-bond donors (Lipinski definition) is 2. The predicted octanol–water partition coefficient (Wildman–Crippen LogP) is 1.23. The monoisotopic (exact) mass is 289 g/mol. The van der Waals surface area contributed by atoms with Gasteiger partial charge in [-0.05, 0) is 0 Å². The number of amides is 1. The van der Waals surface area contributed by atoms with Crippen LogP contribution in [0.4, 0.5) is 13.2 Å². The van der Waals surface area contributed by atoms with Crippen LogP contribution in [0, 0.1) is 11.3 Å². The number of nitrogens with zero attached hydrogens (tertiary/aromatic N) is 2. The molecule has 20 heavy (non-hydrogen) atoms. The minimum atomic E-state index is -4.81. The minimum absolute atomic E-state index is 0.0750. The van der Waals surface area contributed by atoms with Gasteiger partial charge in [0.25, 0.3) is 0 Å². The molecule has 0 aliphatic rings. The van der Waals surface area contributed by atoms with Gasteiger partial charge in [0.2, 0.25) is 5.91 Å². The highest BCUT2D eigenvalue weighted by Crippen LogP contribution is 2.32. The fourth-order valence-electron chi connectivity index (χ4n) is 1.48. The van der Waals surface area contributed by atoms with Crippen molar-refractivity contribution in [2.24, 2.45) is 0 Å². The maximum atomic E-state index is 12.6. The van der Waals surface area contributed by atoms with E-state index in [1.54, 1.807) is 6.07 Å². The summed E-state index contributed by atoms with van der Waals surface area (Å²) in [6.45, 7) is -0.379. The SMILES string of the molecule is N#CCCNC(=O)Cn1cc(C(=O)O)c(C(F)(F)F)c1. The zero-order chi connectivity index (χ0) is 15.3. The maximum absolute atomic E-state index is 12.6. The number of alkyl halides is 3. The van der Waals surface area contributed by atoms with Crippen molar-refractivity contribution in [2.45, 2.75) is 19.1 Å². The summed E-state index contributed by atoms with van der Waals surface area (Å²) in [7, 11) is 0. The molecule has 1 aromatic heterocycles. The van der Waals surface area contributed by atoms with Crippen LogP contribution in [0.3, 0.4) is 0 Å². The van der Waals surface area contributed by atoms with Crippen LogP contribution in [0.5, 0.6) is 0 Å². The van der Waals surface area contributed by atoms with E-state index in [1.807, 2.05) is 0 Å². The number of carboxylic acids is 1. The van der Waals surface area contributed by atoms with E-state index in [-0.39, 0.29) is 13.0 Å². The zero-order valence-electron chi connectivity index (χ0n) is 10.1. The van der Waals surface area contributed by atoms with Crippen LogP contribution in [0.15, 0.2) is 12.4 Å². The molecule has 0 bridgehead atoms. The lowest BCUT2D eigenvalue weighted by molar-refractivity contribution is -0.138. The largest absolute Gasteiger partial charge is 0.478 e. The molecule has 0 aliphatic carbocycles. The summed E-state index contributed by atoms with van der Waals surface area (Å²) < 4.78 is 38.6. The Balaban J connectivity index is 2.85. The minimum Gasteiger partial charge on any atom is -0.478 e. The highest BCUT2D eigenvalue weighted by atomic mass is 19.4. The lowest BCUT2D eigenvalue weighted by Gasteiger charge is -2.05. The maximum Gasteiger partial charge on any atom is 0.418 e. The highest BCUT2D eigenvalue weighted by Gasteiger charge is 2.37. The van der Waals surface area contributed by atoms with Gasteiger partial charge in [0.1, 0.15) is 6.54 Å². The Labute approximate surface area is 111 Å². The van der Waals surface area contributed by atoms with Crippen LogP contribution >= 0.6 is 0 Å². The quantitative estimate of drug-likeness (QED) is 0.797. The second kappa shape index (κ2) is 6.10. The number of aromatic nitrogens is 1. The second-order valence-electron chi connectivity index (χ2n) is 3.82. The van der Waals surface area contributed by atoms with E-state index in [4.69, 9.17) is 10.4 Å². The number of nitrogens with one attached hydrogen (secondary N) is 1. The molecule has 6 nitrogen and oxygen atoms in total. The van der Waals surface area contributed by atoms with Crippen LogP contribution in [-0.2, 0) is 17.5 Å². The van der Waals surface area contributed by atoms with Gasteiger partial charge in [-0.3, -0.25) is 4.79 Å². The molecule has 0 unspecified atom stereocenters. The molecular formula is C11H10F3N3O3. The molecule has 0 atom stereocenters. The number of nitriles is 1. The standard InChI is InChI=1S/C11H10F3N3O3/c12-11(13,14)8-5-17(4-7(8)10(19)20)6-9(18)16-3-1-2-15/h4-5H,1,3,6H2,(H,16,18)(H,19,20). The molecular weight excluding hydrogens is 279 g/mol. The van der Waals surface area contributed by atoms with Crippen LogP contribution in [0.1, 0.15) is 22.3 Å². The number of carboxylic acid groups (broad SMARTS) is 1. The number of rotatable bonds is 5. The van der Waals surface area contributed by atoms with E-state index in [1.165, 1.54) is 0 Å². The third-order valence-corrected chi connectivity index (χ3v) is 2.30. The molecule has 9 heteroatoms. The molecule has 108 valence electrons. The first-order chi connectivity index (χ1) is 9.25. The van der Waals surface area contributed by atoms with Crippen molar-refractivity contribution >= 4 is 11.9 Å². The first-order valence-electron chi connectivity index (χ1n) is 5.39. The van der Waals surface area contributed by atoms with Crippen molar-refractivity contribution in [2.75, 3.05) is 6.54 Å². The molecule has 0 spiro atoms. The summed E-state index contributed by atoms with van der Waals surface area (Å²) in [5.74, 6) is -2.33. The van der Waals surface area contributed by atoms with E-state index >= 15 is 0 Å². The zero-order valence-corrected chi connectivity index (χ0v) is 10.1. The molecule has 1 amide bonds. The van der Waals surface area contributed by atoms with Gasteiger partial charge in [-0.25, -0.2) is 4.79 Å². The first-order valence-corrected chi connectivity index (χ1v) is 5.39. The third kappa shape index (κ3) is 4.01. The second-order valence-corrected chi connectivity index (χ2v) is 3.82. The van der Waals surface area contributed by atoms with Crippen molar-refractivity contribution in [3.8, 4) is 6.07 Å². The molecule has 0 radical (unpaired) electrons. The lowest BCUT2D eigenvalue weighted by Crippen LogP contribution is -2.27. The number of aromatic carboxylic acids is 1. The van der Waals surface area contributed by atoms with Gasteiger partial charge in [0.15, 0.2) is 0 Å². The highest BCUT2D eigenvalue weighted by molar-refractivity contribution is 5.89. The smallest absolute Gasteiger partial charge is 0.418 e. The Kier molecular flexibility index (Phi) is 4.74. The summed E-state index contributed by atoms with van der Waals surface area (Å²) >= 11 is 0. The van der Waals surface area contributed by atoms with Crippen molar-refractivity contribution in [1.82, 2.24) is 9.88 Å².